The van der Waals surface area contributed by atoms with Gasteiger partial charge in [-0.2, -0.15) is 0 Å². The van der Waals surface area contributed by atoms with Crippen molar-refractivity contribution in [1.82, 2.24) is 5.32 Å². The molecule has 108 valence electrons. The highest BCUT2D eigenvalue weighted by Crippen LogP contribution is 2.18. The summed E-state index contributed by atoms with van der Waals surface area (Å²) in [7, 11) is 1.06. The van der Waals surface area contributed by atoms with Crippen molar-refractivity contribution in [3.63, 3.8) is 0 Å². The zero-order valence-electron chi connectivity index (χ0n) is 10.2. The lowest BCUT2D eigenvalue weighted by Gasteiger charge is -2.06. The van der Waals surface area contributed by atoms with Crippen LogP contribution in [0.15, 0.2) is 23.1 Å². The fraction of sp³-hybridized carbons (Fsp3) is 0.250. The van der Waals surface area contributed by atoms with Crippen LogP contribution in [-0.2, 0) is 9.05 Å². The molecule has 8 heteroatoms. The van der Waals surface area contributed by atoms with Crippen LogP contribution >= 0.6 is 22.4 Å². The zero-order valence-corrected chi connectivity index (χ0v) is 12.6. The molecule has 20 heavy (non-hydrogen) atoms. The minimum Gasteiger partial charge on any atom is -0.351 e. The zero-order chi connectivity index (χ0) is 15.2. The third-order valence-corrected chi connectivity index (χ3v) is 4.40. The Balaban J connectivity index is 2.68. The third-order valence-electron chi connectivity index (χ3n) is 2.18. The maximum atomic E-state index is 13.6. The topological polar surface area (TPSA) is 63.2 Å². The summed E-state index contributed by atoms with van der Waals surface area (Å²) in [5, 5.41) is 2.51. The van der Waals surface area contributed by atoms with E-state index in [4.69, 9.17) is 17.1 Å². The highest BCUT2D eigenvalue weighted by atomic mass is 35.7. The van der Waals surface area contributed by atoms with Crippen molar-refractivity contribution in [2.75, 3.05) is 18.1 Å². The molecule has 0 saturated carbocycles. The SMILES string of the molecule is C#CCSCCNC(=O)c1ccc(S(=O)(=O)Cl)cc1F. The standard InChI is InChI=1S/C12H11ClFNO3S2/c1-2-6-19-7-5-15-12(16)10-4-3-9(8-11(10)14)20(13,17)18/h1,3-4,8H,5-7H2,(H,15,16). The normalized spacial score (nSPS) is 10.8. The summed E-state index contributed by atoms with van der Waals surface area (Å²) in [6.07, 6.45) is 5.06. The van der Waals surface area contributed by atoms with Gasteiger partial charge >= 0.3 is 0 Å². The molecule has 0 aromatic heterocycles. The van der Waals surface area contributed by atoms with E-state index >= 15 is 0 Å². The Morgan fingerprint density at radius 1 is 1.50 bits per heavy atom. The van der Waals surface area contributed by atoms with Gasteiger partial charge in [-0.15, -0.1) is 18.2 Å². The lowest BCUT2D eigenvalue weighted by Crippen LogP contribution is -2.26. The fourth-order valence-electron chi connectivity index (χ4n) is 1.29. The number of rotatable bonds is 6. The van der Waals surface area contributed by atoms with Gasteiger partial charge in [0.1, 0.15) is 5.82 Å². The number of carbonyl (C=O) groups excluding carboxylic acids is 1. The first-order valence-electron chi connectivity index (χ1n) is 5.40. The molecule has 0 aliphatic rings. The van der Waals surface area contributed by atoms with Crippen LogP contribution < -0.4 is 5.32 Å². The molecule has 0 spiro atoms. The molecule has 0 aliphatic carbocycles. The maximum absolute atomic E-state index is 13.6. The van der Waals surface area contributed by atoms with Crippen LogP contribution in [0, 0.1) is 18.2 Å². The van der Waals surface area contributed by atoms with Gasteiger partial charge in [-0.1, -0.05) is 5.92 Å². The van der Waals surface area contributed by atoms with Gasteiger partial charge in [0.25, 0.3) is 15.0 Å². The molecule has 1 amide bonds. The molecule has 0 radical (unpaired) electrons. The van der Waals surface area contributed by atoms with E-state index in [1.807, 2.05) is 0 Å². The summed E-state index contributed by atoms with van der Waals surface area (Å²) >= 11 is 1.46. The predicted molar refractivity (Wildman–Crippen MR) is 77.9 cm³/mol. The number of hydrogen-bond acceptors (Lipinski definition) is 4. The van der Waals surface area contributed by atoms with Gasteiger partial charge in [0.05, 0.1) is 16.2 Å². The van der Waals surface area contributed by atoms with Crippen LogP contribution in [0.4, 0.5) is 4.39 Å². The number of carbonyl (C=O) groups is 1. The maximum Gasteiger partial charge on any atom is 0.261 e. The Hall–Kier alpha value is -1.23. The molecule has 1 aromatic rings. The van der Waals surface area contributed by atoms with Crippen molar-refractivity contribution in [2.24, 2.45) is 0 Å². The van der Waals surface area contributed by atoms with Gasteiger partial charge in [-0.05, 0) is 18.2 Å². The Labute approximate surface area is 125 Å². The van der Waals surface area contributed by atoms with E-state index in [2.05, 4.69) is 11.2 Å². The number of hydrogen-bond donors (Lipinski definition) is 1. The van der Waals surface area contributed by atoms with E-state index in [9.17, 15) is 17.6 Å². The summed E-state index contributed by atoms with van der Waals surface area (Å²) in [6.45, 7) is 0.334. The molecule has 1 aromatic carbocycles. The summed E-state index contributed by atoms with van der Waals surface area (Å²) < 4.78 is 35.7. The minimum absolute atomic E-state index is 0.240. The average molecular weight is 336 g/mol. The molecule has 0 unspecified atom stereocenters. The highest BCUT2D eigenvalue weighted by molar-refractivity contribution is 8.13. The number of nitrogens with one attached hydrogen (secondary N) is 1. The van der Waals surface area contributed by atoms with Gasteiger partial charge in [-0.25, -0.2) is 12.8 Å². The minimum atomic E-state index is -4.02. The van der Waals surface area contributed by atoms with E-state index in [-0.39, 0.29) is 5.56 Å². The smallest absolute Gasteiger partial charge is 0.261 e. The molecule has 0 bridgehead atoms. The largest absolute Gasteiger partial charge is 0.351 e. The monoisotopic (exact) mass is 335 g/mol. The van der Waals surface area contributed by atoms with Gasteiger partial charge in [0, 0.05) is 23.0 Å². The van der Waals surface area contributed by atoms with Gasteiger partial charge in [-0.3, -0.25) is 4.79 Å². The molecule has 1 N–H and O–H groups in total. The van der Waals surface area contributed by atoms with E-state index in [0.29, 0.717) is 24.1 Å². The summed E-state index contributed by atoms with van der Waals surface area (Å²) in [4.78, 5) is 11.3. The van der Waals surface area contributed by atoms with E-state index in [0.717, 1.165) is 12.1 Å². The van der Waals surface area contributed by atoms with Gasteiger partial charge < -0.3 is 5.32 Å². The molecular weight excluding hydrogens is 325 g/mol. The van der Waals surface area contributed by atoms with Crippen molar-refractivity contribution >= 4 is 37.4 Å². The Bertz CT molecular complexity index is 641. The Kier molecular flexibility index (Phi) is 6.33. The first-order chi connectivity index (χ1) is 9.36. The van der Waals surface area contributed by atoms with Crippen molar-refractivity contribution in [3.8, 4) is 12.3 Å². The van der Waals surface area contributed by atoms with Crippen LogP contribution in [-0.4, -0.2) is 32.4 Å². The molecule has 0 fully saturated rings. The lowest BCUT2D eigenvalue weighted by molar-refractivity contribution is 0.0952. The van der Waals surface area contributed by atoms with Crippen molar-refractivity contribution in [3.05, 3.63) is 29.6 Å². The van der Waals surface area contributed by atoms with Gasteiger partial charge in [0.15, 0.2) is 0 Å². The van der Waals surface area contributed by atoms with Crippen molar-refractivity contribution < 1.29 is 17.6 Å². The summed E-state index contributed by atoms with van der Waals surface area (Å²) in [6, 6.07) is 2.87. The van der Waals surface area contributed by atoms with E-state index in [1.54, 1.807) is 0 Å². The van der Waals surface area contributed by atoms with Crippen LogP contribution in [0.2, 0.25) is 0 Å². The molecule has 0 atom stereocenters. The van der Waals surface area contributed by atoms with Crippen LogP contribution in [0.3, 0.4) is 0 Å². The molecular formula is C12H11ClFNO3S2. The van der Waals surface area contributed by atoms with Crippen LogP contribution in [0.5, 0.6) is 0 Å². The number of thioether (sulfide) groups is 1. The second kappa shape index (κ2) is 7.53. The third kappa shape index (κ3) is 5.04. The highest BCUT2D eigenvalue weighted by Gasteiger charge is 2.16. The van der Waals surface area contributed by atoms with E-state index in [1.165, 1.54) is 11.8 Å². The predicted octanol–water partition coefficient (Wildman–Crippen LogP) is 1.85. The number of benzene rings is 1. The molecule has 1 rings (SSSR count). The number of halogens is 2. The lowest BCUT2D eigenvalue weighted by atomic mass is 10.2. The quantitative estimate of drug-likeness (QED) is 0.489. The van der Waals surface area contributed by atoms with Crippen molar-refractivity contribution in [1.29, 1.82) is 0 Å². The number of terminal acetylenes is 1. The van der Waals surface area contributed by atoms with Crippen molar-refractivity contribution in [2.45, 2.75) is 4.90 Å². The first-order valence-corrected chi connectivity index (χ1v) is 8.86. The number of amides is 1. The van der Waals surface area contributed by atoms with Gasteiger partial charge in [0.2, 0.25) is 0 Å². The Morgan fingerprint density at radius 2 is 2.20 bits per heavy atom. The molecule has 4 nitrogen and oxygen atoms in total. The molecule has 0 aliphatic heterocycles. The second-order valence-electron chi connectivity index (χ2n) is 3.59. The second-order valence-corrected chi connectivity index (χ2v) is 7.26. The Morgan fingerprint density at radius 3 is 2.75 bits per heavy atom. The molecule has 0 saturated heterocycles. The summed E-state index contributed by atoms with van der Waals surface area (Å²) in [5.74, 6) is 2.01. The van der Waals surface area contributed by atoms with Crippen LogP contribution in [0.25, 0.3) is 0 Å². The van der Waals surface area contributed by atoms with Crippen LogP contribution in [0.1, 0.15) is 10.4 Å². The van der Waals surface area contributed by atoms with E-state index < -0.39 is 25.7 Å². The first kappa shape index (κ1) is 16.8. The summed E-state index contributed by atoms with van der Waals surface area (Å²) in [5.41, 5.74) is -0.240. The average Bonchev–Trinajstić information content (AvgIpc) is 2.37. The fourth-order valence-corrected chi connectivity index (χ4v) is 2.57. The molecule has 0 heterocycles.